The second-order valence-corrected chi connectivity index (χ2v) is 35.7. The van der Waals surface area contributed by atoms with Gasteiger partial charge in [0.2, 0.25) is 0 Å². The van der Waals surface area contributed by atoms with Crippen molar-refractivity contribution in [3.63, 3.8) is 0 Å². The number of halogens is 3. The van der Waals surface area contributed by atoms with Crippen LogP contribution in [0.3, 0.4) is 0 Å². The summed E-state index contributed by atoms with van der Waals surface area (Å²) in [6, 6.07) is 17.8. The topological polar surface area (TPSA) is 159 Å². The number of hydrogen-bond donors (Lipinski definition) is 6. The third kappa shape index (κ3) is 15.8. The molecule has 0 saturated heterocycles. The van der Waals surface area contributed by atoms with Crippen LogP contribution in [-0.4, -0.2) is 47.6 Å². The first-order valence-corrected chi connectivity index (χ1v) is 34.5. The molecule has 12 heteroatoms. The molecule has 0 amide bonds. The van der Waals surface area contributed by atoms with Gasteiger partial charge in [0.1, 0.15) is 22.9 Å². The molecule has 3 aliphatic carbocycles. The summed E-state index contributed by atoms with van der Waals surface area (Å²) < 4.78 is 41.4. The molecule has 9 rings (SSSR count). The maximum absolute atomic E-state index is 14.7. The van der Waals surface area contributed by atoms with Crippen molar-refractivity contribution in [1.29, 1.82) is 0 Å². The molecule has 0 bridgehead atoms. The molecule has 3 aliphatic rings. The average Bonchev–Trinajstić information content (AvgIpc) is 1.65. The van der Waals surface area contributed by atoms with Gasteiger partial charge in [-0.2, -0.15) is 13.2 Å². The van der Waals surface area contributed by atoms with Crippen molar-refractivity contribution in [1.82, 2.24) is 15.0 Å². The van der Waals surface area contributed by atoms with Crippen molar-refractivity contribution >= 4 is 17.3 Å². The Hall–Kier alpha value is -6.30. The number of hydrogen-bond acceptors (Lipinski definition) is 6. The number of aromatic amines is 3. The highest BCUT2D eigenvalue weighted by molar-refractivity contribution is 5.98. The summed E-state index contributed by atoms with van der Waals surface area (Å²) in [4.78, 5) is 52.6. The summed E-state index contributed by atoms with van der Waals surface area (Å²) in [5.41, 5.74) is 10.1. The number of carbonyl (C=O) groups is 3. The lowest BCUT2D eigenvalue weighted by atomic mass is 9.71. The summed E-state index contributed by atoms with van der Waals surface area (Å²) in [7, 11) is 0. The largest absolute Gasteiger partial charge is 0.507 e. The number of nitrogens with one attached hydrogen (secondary N) is 3. The molecule has 3 fully saturated rings. The van der Waals surface area contributed by atoms with Crippen molar-refractivity contribution in [2.45, 2.75) is 303 Å². The fourth-order valence-electron chi connectivity index (χ4n) is 14.3. The maximum atomic E-state index is 14.7. The zero-order valence-electron chi connectivity index (χ0n) is 60.1. The van der Waals surface area contributed by atoms with Gasteiger partial charge in [-0.1, -0.05) is 182 Å². The van der Waals surface area contributed by atoms with E-state index in [1.54, 1.807) is 0 Å². The van der Waals surface area contributed by atoms with Crippen LogP contribution in [0.5, 0.6) is 17.2 Å². The molecule has 9 nitrogen and oxygen atoms in total. The number of aromatic nitrogens is 3. The van der Waals surface area contributed by atoms with E-state index in [9.17, 15) is 42.9 Å². The Bertz CT molecular complexity index is 3780. The molecular weight excluding hydrogens is 1170 g/mol. The number of phenolic OH excluding ortho intramolecular Hbond substituents is 3. The molecule has 3 aromatic carbocycles. The normalized spacial score (nSPS) is 17.2. The Labute approximate surface area is 553 Å². The van der Waals surface area contributed by atoms with Gasteiger partial charge in [0.15, 0.2) is 17.3 Å². The molecule has 3 saturated carbocycles. The lowest BCUT2D eigenvalue weighted by Gasteiger charge is -2.34. The van der Waals surface area contributed by atoms with Crippen LogP contribution in [0.15, 0.2) is 54.6 Å². The van der Waals surface area contributed by atoms with Gasteiger partial charge >= 0.3 is 6.18 Å². The van der Waals surface area contributed by atoms with Gasteiger partial charge < -0.3 is 30.3 Å². The molecule has 506 valence electrons. The number of phenols is 3. The van der Waals surface area contributed by atoms with E-state index in [0.29, 0.717) is 78.8 Å². The van der Waals surface area contributed by atoms with Crippen molar-refractivity contribution < 1.29 is 42.9 Å². The van der Waals surface area contributed by atoms with Crippen LogP contribution in [0.1, 0.15) is 349 Å². The number of benzene rings is 3. The van der Waals surface area contributed by atoms with E-state index in [-0.39, 0.29) is 68.7 Å². The molecule has 3 heterocycles. The third-order valence-corrected chi connectivity index (χ3v) is 20.8. The second kappa shape index (κ2) is 24.7. The van der Waals surface area contributed by atoms with Crippen molar-refractivity contribution in [2.75, 3.05) is 0 Å². The van der Waals surface area contributed by atoms with Crippen LogP contribution >= 0.6 is 0 Å². The number of rotatable bonds is 23. The van der Waals surface area contributed by atoms with Gasteiger partial charge in [0, 0.05) is 53.1 Å². The number of aryl methyl sites for hydroxylation is 3. The van der Waals surface area contributed by atoms with E-state index < -0.39 is 33.5 Å². The quantitative estimate of drug-likeness (QED) is 0.0351. The van der Waals surface area contributed by atoms with Gasteiger partial charge in [0.05, 0.1) is 17.1 Å². The molecule has 0 aliphatic heterocycles. The van der Waals surface area contributed by atoms with E-state index in [4.69, 9.17) is 0 Å². The van der Waals surface area contributed by atoms with Crippen molar-refractivity contribution in [3.8, 4) is 17.2 Å². The minimum Gasteiger partial charge on any atom is -0.507 e. The molecular formula is C81H110F3N3O6. The smallest absolute Gasteiger partial charge is 0.431 e. The average molecular weight is 1280 g/mol. The van der Waals surface area contributed by atoms with Crippen LogP contribution in [0.2, 0.25) is 0 Å². The number of carbonyl (C=O) groups excluding carboxylic acids is 3. The first kappa shape index (κ1) is 71.0. The fourth-order valence-corrected chi connectivity index (χ4v) is 14.3. The van der Waals surface area contributed by atoms with Crippen LogP contribution in [0.4, 0.5) is 13.2 Å². The van der Waals surface area contributed by atoms with E-state index in [1.807, 2.05) is 32.9 Å². The molecule has 2 atom stereocenters. The number of H-pyrrole nitrogens is 3. The van der Waals surface area contributed by atoms with E-state index in [2.05, 4.69) is 176 Å². The molecule has 2 unspecified atom stereocenters. The minimum absolute atomic E-state index is 0.0233. The number of alkyl halides is 3. The van der Waals surface area contributed by atoms with Crippen LogP contribution in [-0.2, 0) is 68.8 Å². The summed E-state index contributed by atoms with van der Waals surface area (Å²) in [5, 5.41) is 35.7. The highest BCUT2D eigenvalue weighted by atomic mass is 19.4. The van der Waals surface area contributed by atoms with Crippen molar-refractivity contribution in [2.24, 2.45) is 5.92 Å². The minimum atomic E-state index is -4.58. The molecule has 0 radical (unpaired) electrons. The third-order valence-electron chi connectivity index (χ3n) is 20.8. The Kier molecular flexibility index (Phi) is 18.9. The molecule has 3 aromatic heterocycles. The molecule has 93 heavy (non-hydrogen) atoms. The SMILES string of the molecule is CC(C)(C)c1cc(C2CC2CC(C)(C)c2cc(CCC(=O)c3[nH]c(C(C)(C)CCC(C)(C)c4cc(CCC(=O)c5[nH]c(C(F)(F)F)cc5C5CC5)cc(C(C)(C)C)c4O)cc3C3CC3)cc(C(C)(C)C)c2O)[nH]c1C(=O)CCc1cc(C(C)(C)C)c(O)c(C(C)(C)C)c1. The molecule has 0 spiro atoms. The highest BCUT2D eigenvalue weighted by Crippen LogP contribution is 2.56. The Morgan fingerprint density at radius 1 is 0.409 bits per heavy atom. The highest BCUT2D eigenvalue weighted by Gasteiger charge is 2.46. The van der Waals surface area contributed by atoms with Gasteiger partial charge in [-0.25, -0.2) is 0 Å². The zero-order valence-corrected chi connectivity index (χ0v) is 60.1. The van der Waals surface area contributed by atoms with Crippen molar-refractivity contribution in [3.05, 3.63) is 156 Å². The fraction of sp³-hybridized carbons (Fsp3) is 0.593. The maximum Gasteiger partial charge on any atom is 0.431 e. The zero-order chi connectivity index (χ0) is 69.1. The lowest BCUT2D eigenvalue weighted by molar-refractivity contribution is -0.140. The Morgan fingerprint density at radius 3 is 1.12 bits per heavy atom. The summed E-state index contributed by atoms with van der Waals surface area (Å²) >= 11 is 0. The number of ketones is 3. The Morgan fingerprint density at radius 2 is 0.742 bits per heavy atom. The Balaban J connectivity index is 0.886. The molecule has 6 N–H and O–H groups in total. The van der Waals surface area contributed by atoms with Gasteiger partial charge in [-0.3, -0.25) is 14.4 Å². The van der Waals surface area contributed by atoms with Gasteiger partial charge in [-0.05, 0) is 200 Å². The monoisotopic (exact) mass is 1280 g/mol. The second-order valence-electron chi connectivity index (χ2n) is 35.7. The van der Waals surface area contributed by atoms with Crippen LogP contribution in [0.25, 0.3) is 0 Å². The van der Waals surface area contributed by atoms with Gasteiger partial charge in [-0.15, -0.1) is 0 Å². The first-order chi connectivity index (χ1) is 42.6. The summed E-state index contributed by atoms with van der Waals surface area (Å²) in [5.74, 6) is 1.50. The number of Topliss-reactive ketones (excluding diaryl/α,β-unsaturated/α-hetero) is 3. The predicted octanol–water partition coefficient (Wildman–Crippen LogP) is 21.0. The summed E-state index contributed by atoms with van der Waals surface area (Å²) in [6.07, 6.45) is 4.22. The summed E-state index contributed by atoms with van der Waals surface area (Å²) in [6.45, 7) is 44.7. The van der Waals surface area contributed by atoms with Crippen LogP contribution in [0, 0.1) is 5.92 Å². The van der Waals surface area contributed by atoms with E-state index >= 15 is 0 Å². The standard InChI is InChI=1S/C81H110F3N3O6/c1-73(2,3)54-43-61(85-69(54)64(90)31-24-45-34-55(74(4,5)6)70(91)56(35-45)75(7,8)9)51-40-50(51)44-80(20,21)60-39-47(37-58(72(60)93)77(13,14)15)23-29-62(88)67-52(48-25-26-48)41-65(86-67)79(18,19)33-32-78(16,17)59-38-46(36-57(71(59)92)76(10,11)12)22-30-63(89)68-53(49-27-28-49)42-66(87-68)81(82,83)84/h34-39,41-43,48-51,85-87,91-93H,22-33,40,44H2,1-21H3. The first-order valence-electron chi connectivity index (χ1n) is 34.5. The predicted molar refractivity (Wildman–Crippen MR) is 371 cm³/mol. The lowest BCUT2D eigenvalue weighted by Crippen LogP contribution is -2.26. The van der Waals surface area contributed by atoms with Crippen LogP contribution < -0.4 is 0 Å². The van der Waals surface area contributed by atoms with Gasteiger partial charge in [0.25, 0.3) is 0 Å². The molecule has 6 aromatic rings. The van der Waals surface area contributed by atoms with E-state index in [1.165, 1.54) is 0 Å². The number of aromatic hydroxyl groups is 3. The van der Waals surface area contributed by atoms with E-state index in [0.717, 1.165) is 124 Å².